The van der Waals surface area contributed by atoms with Crippen LogP contribution in [0.2, 0.25) is 0 Å². The van der Waals surface area contributed by atoms with Crippen molar-refractivity contribution in [3.63, 3.8) is 0 Å². The smallest absolute Gasteiger partial charge is 0.339 e. The predicted octanol–water partition coefficient (Wildman–Crippen LogP) is 2.38. The predicted molar refractivity (Wildman–Crippen MR) is 67.4 cm³/mol. The first-order chi connectivity index (χ1) is 8.50. The Morgan fingerprint density at radius 2 is 2.33 bits per heavy atom. The van der Waals surface area contributed by atoms with Crippen LogP contribution in [0.25, 0.3) is 0 Å². The monoisotopic (exact) mass is 271 g/mol. The van der Waals surface area contributed by atoms with Crippen molar-refractivity contribution in [2.45, 2.75) is 29.6 Å². The lowest BCUT2D eigenvalue weighted by atomic mass is 10.2. The minimum atomic E-state index is -1.21. The van der Waals surface area contributed by atoms with Crippen LogP contribution in [0.3, 0.4) is 0 Å². The van der Waals surface area contributed by atoms with Gasteiger partial charge in [-0.2, -0.15) is 0 Å². The highest BCUT2D eigenvalue weighted by Crippen LogP contribution is 2.36. The molecule has 0 radical (unpaired) electrons. The number of rotatable bonds is 3. The Morgan fingerprint density at radius 3 is 2.89 bits per heavy atom. The molecule has 6 heteroatoms. The summed E-state index contributed by atoms with van der Waals surface area (Å²) in [7, 11) is 0. The second kappa shape index (κ2) is 5.16. The van der Waals surface area contributed by atoms with Gasteiger partial charge in [-0.1, -0.05) is 0 Å². The van der Waals surface area contributed by atoms with Crippen LogP contribution in [-0.4, -0.2) is 29.0 Å². The molecular weight excluding hydrogens is 257 g/mol. The summed E-state index contributed by atoms with van der Waals surface area (Å²) in [6.07, 6.45) is 0.908. The van der Waals surface area contributed by atoms with Gasteiger partial charge in [0.2, 0.25) is 0 Å². The van der Waals surface area contributed by atoms with E-state index in [4.69, 9.17) is 15.6 Å². The molecule has 2 unspecified atom stereocenters. The first-order valence-corrected chi connectivity index (χ1v) is 6.48. The third kappa shape index (κ3) is 2.44. The van der Waals surface area contributed by atoms with Gasteiger partial charge in [0.25, 0.3) is 0 Å². The lowest BCUT2D eigenvalue weighted by molar-refractivity contribution is 0.0693. The fourth-order valence-electron chi connectivity index (χ4n) is 1.92. The lowest BCUT2D eigenvalue weighted by Gasteiger charge is -2.16. The molecule has 1 heterocycles. The Balaban J connectivity index is 2.32. The van der Waals surface area contributed by atoms with E-state index in [1.54, 1.807) is 0 Å². The van der Waals surface area contributed by atoms with Crippen molar-refractivity contribution in [2.24, 2.45) is 0 Å². The van der Waals surface area contributed by atoms with Gasteiger partial charge in [0, 0.05) is 16.8 Å². The zero-order chi connectivity index (χ0) is 13.3. The zero-order valence-electron chi connectivity index (χ0n) is 9.85. The van der Waals surface area contributed by atoms with Gasteiger partial charge in [-0.15, -0.1) is 11.8 Å². The summed E-state index contributed by atoms with van der Waals surface area (Å²) >= 11 is 1.38. The van der Waals surface area contributed by atoms with Crippen molar-refractivity contribution in [3.8, 4) is 0 Å². The molecule has 18 heavy (non-hydrogen) atoms. The van der Waals surface area contributed by atoms with Gasteiger partial charge < -0.3 is 15.6 Å². The average molecular weight is 271 g/mol. The molecule has 0 amide bonds. The van der Waals surface area contributed by atoms with Crippen LogP contribution in [0.4, 0.5) is 10.1 Å². The molecule has 98 valence electrons. The number of halogens is 1. The van der Waals surface area contributed by atoms with Crippen molar-refractivity contribution in [1.82, 2.24) is 0 Å². The lowest BCUT2D eigenvalue weighted by Crippen LogP contribution is -2.15. The fourth-order valence-corrected chi connectivity index (χ4v) is 3.20. The molecule has 1 aliphatic heterocycles. The van der Waals surface area contributed by atoms with Crippen LogP contribution in [0, 0.1) is 5.82 Å². The summed E-state index contributed by atoms with van der Waals surface area (Å²) in [6, 6.07) is 2.66. The number of thioether (sulfide) groups is 1. The highest BCUT2D eigenvalue weighted by Gasteiger charge is 2.28. The number of nitrogen functional groups attached to an aromatic ring is 1. The summed E-state index contributed by atoms with van der Waals surface area (Å²) in [5, 5.41) is 9.29. The number of carboxylic acid groups (broad SMARTS) is 1. The molecule has 2 atom stereocenters. The van der Waals surface area contributed by atoms with Crippen LogP contribution in [0.1, 0.15) is 23.7 Å². The maximum atomic E-state index is 13.3. The van der Waals surface area contributed by atoms with Crippen LogP contribution in [0.5, 0.6) is 0 Å². The van der Waals surface area contributed by atoms with E-state index in [1.165, 1.54) is 23.9 Å². The number of aromatic carboxylic acids is 1. The number of hydrogen-bond acceptors (Lipinski definition) is 4. The maximum absolute atomic E-state index is 13.3. The molecule has 1 fully saturated rings. The van der Waals surface area contributed by atoms with E-state index in [0.29, 0.717) is 11.5 Å². The fraction of sp³-hybridized carbons (Fsp3) is 0.417. The third-order valence-electron chi connectivity index (χ3n) is 2.95. The van der Waals surface area contributed by atoms with Gasteiger partial charge in [0.15, 0.2) is 0 Å². The van der Waals surface area contributed by atoms with Crippen LogP contribution < -0.4 is 5.73 Å². The minimum absolute atomic E-state index is 0.0583. The molecule has 4 nitrogen and oxygen atoms in total. The van der Waals surface area contributed by atoms with E-state index in [-0.39, 0.29) is 22.6 Å². The summed E-state index contributed by atoms with van der Waals surface area (Å²) in [4.78, 5) is 11.6. The molecule has 3 N–H and O–H groups in total. The molecule has 0 bridgehead atoms. The molecular formula is C12H14FNO3S. The van der Waals surface area contributed by atoms with Crippen LogP contribution in [0.15, 0.2) is 17.0 Å². The Labute approximate surface area is 108 Å². The Bertz CT molecular complexity index is 481. The molecule has 0 saturated carbocycles. The number of benzene rings is 1. The first-order valence-electron chi connectivity index (χ1n) is 5.60. The van der Waals surface area contributed by atoms with Crippen molar-refractivity contribution in [2.75, 3.05) is 12.3 Å². The second-order valence-electron chi connectivity index (χ2n) is 4.16. The number of hydrogen-bond donors (Lipinski definition) is 2. The summed E-state index contributed by atoms with van der Waals surface area (Å²) in [5.41, 5.74) is 5.03. The van der Waals surface area contributed by atoms with Crippen LogP contribution >= 0.6 is 11.8 Å². The SMILES string of the molecule is CC1OCCC1Sc1ccc(F)c(N)c1C(=O)O. The number of carboxylic acids is 1. The van der Waals surface area contributed by atoms with Gasteiger partial charge in [-0.3, -0.25) is 0 Å². The number of nitrogens with two attached hydrogens (primary N) is 1. The third-order valence-corrected chi connectivity index (χ3v) is 4.47. The second-order valence-corrected chi connectivity index (χ2v) is 5.44. The summed E-state index contributed by atoms with van der Waals surface area (Å²) in [5.74, 6) is -1.91. The Morgan fingerprint density at radius 1 is 1.61 bits per heavy atom. The van der Waals surface area contributed by atoms with Gasteiger partial charge in [-0.05, 0) is 25.5 Å². The van der Waals surface area contributed by atoms with E-state index in [1.807, 2.05) is 6.92 Å². The normalized spacial score (nSPS) is 23.2. The summed E-state index contributed by atoms with van der Waals surface area (Å²) < 4.78 is 18.7. The van der Waals surface area contributed by atoms with Crippen LogP contribution in [-0.2, 0) is 4.74 Å². The molecule has 0 aromatic heterocycles. The highest BCUT2D eigenvalue weighted by molar-refractivity contribution is 8.00. The topological polar surface area (TPSA) is 72.5 Å². The van der Waals surface area contributed by atoms with Gasteiger partial charge in [0.1, 0.15) is 5.82 Å². The van der Waals surface area contributed by atoms with Crippen molar-refractivity contribution in [1.29, 1.82) is 0 Å². The average Bonchev–Trinajstić information content (AvgIpc) is 2.69. The molecule has 1 aliphatic rings. The standard InChI is InChI=1S/C12H14FNO3S/c1-6-8(4-5-17-6)18-9-3-2-7(13)11(14)10(9)12(15)16/h2-3,6,8H,4-5,14H2,1H3,(H,15,16). The van der Waals surface area contributed by atoms with E-state index in [9.17, 15) is 9.18 Å². The van der Waals surface area contributed by atoms with E-state index >= 15 is 0 Å². The molecule has 1 saturated heterocycles. The minimum Gasteiger partial charge on any atom is -0.478 e. The van der Waals surface area contributed by atoms with Gasteiger partial charge in [0.05, 0.1) is 17.4 Å². The number of ether oxygens (including phenoxy) is 1. The Kier molecular flexibility index (Phi) is 3.77. The molecule has 1 aromatic carbocycles. The molecule has 0 spiro atoms. The maximum Gasteiger partial charge on any atom is 0.339 e. The molecule has 1 aromatic rings. The quantitative estimate of drug-likeness (QED) is 0.826. The van der Waals surface area contributed by atoms with E-state index in [2.05, 4.69) is 0 Å². The van der Waals surface area contributed by atoms with E-state index in [0.717, 1.165) is 6.42 Å². The number of carbonyl (C=O) groups is 1. The Hall–Kier alpha value is -1.27. The van der Waals surface area contributed by atoms with Crippen molar-refractivity contribution >= 4 is 23.4 Å². The first kappa shape index (κ1) is 13.2. The van der Waals surface area contributed by atoms with Crippen molar-refractivity contribution in [3.05, 3.63) is 23.5 Å². The van der Waals surface area contributed by atoms with E-state index < -0.39 is 11.8 Å². The van der Waals surface area contributed by atoms with Crippen molar-refractivity contribution < 1.29 is 19.0 Å². The largest absolute Gasteiger partial charge is 0.478 e. The van der Waals surface area contributed by atoms with Gasteiger partial charge in [-0.25, -0.2) is 9.18 Å². The summed E-state index contributed by atoms with van der Waals surface area (Å²) in [6.45, 7) is 2.61. The zero-order valence-corrected chi connectivity index (χ0v) is 10.7. The van der Waals surface area contributed by atoms with Gasteiger partial charge >= 0.3 is 5.97 Å². The molecule has 0 aliphatic carbocycles. The number of anilines is 1. The molecule has 2 rings (SSSR count). The highest BCUT2D eigenvalue weighted by atomic mass is 32.2.